The second-order valence-electron chi connectivity index (χ2n) is 12.1. The lowest BCUT2D eigenvalue weighted by Gasteiger charge is -2.31. The number of anilines is 1. The molecule has 1 aliphatic carbocycles. The van der Waals surface area contributed by atoms with Crippen LogP contribution in [0.1, 0.15) is 59.4 Å². The maximum absolute atomic E-state index is 16.2. The number of aliphatic hydroxyl groups is 1. The number of nitrogens with two attached hydrogens (primary N) is 2. The highest BCUT2D eigenvalue weighted by Crippen LogP contribution is 2.38. The van der Waals surface area contributed by atoms with Crippen molar-refractivity contribution in [3.8, 4) is 17.0 Å². The summed E-state index contributed by atoms with van der Waals surface area (Å²) in [7, 11) is 1.41. The minimum atomic E-state index is -2.20. The molecule has 13 heteroatoms. The average molecular weight is 680 g/mol. The first-order valence-electron chi connectivity index (χ1n) is 14.9. The summed E-state index contributed by atoms with van der Waals surface area (Å²) in [6.07, 6.45) is 3.51. The van der Waals surface area contributed by atoms with E-state index >= 15 is 8.78 Å². The van der Waals surface area contributed by atoms with Crippen LogP contribution in [-0.4, -0.2) is 47.8 Å². The SMILES string of the molecule is COc1cc(C(=O)NC[C@@](O)(c2ccccc2)c2cc(C(C)(C)C(N)=O)c(F)c(-c3cc(Cl)c(F)cc3F)n2)cc(C=NC2CC2)c1N. The Labute approximate surface area is 279 Å². The first-order chi connectivity index (χ1) is 22.7. The Morgan fingerprint density at radius 2 is 1.79 bits per heavy atom. The molecule has 1 aromatic heterocycles. The highest BCUT2D eigenvalue weighted by Gasteiger charge is 2.39. The predicted octanol–water partition coefficient (Wildman–Crippen LogP) is 5.42. The van der Waals surface area contributed by atoms with E-state index in [4.69, 9.17) is 27.8 Å². The number of ether oxygens (including phenoxy) is 1. The number of nitrogens with one attached hydrogen (secondary N) is 1. The fraction of sp³-hybridized carbons (Fsp3) is 0.257. The first-order valence-corrected chi connectivity index (χ1v) is 15.3. The van der Waals surface area contributed by atoms with Crippen LogP contribution < -0.4 is 21.5 Å². The van der Waals surface area contributed by atoms with E-state index in [-0.39, 0.29) is 34.2 Å². The lowest BCUT2D eigenvalue weighted by Crippen LogP contribution is -2.43. The Hall–Kier alpha value is -4.94. The van der Waals surface area contributed by atoms with Crippen molar-refractivity contribution in [2.45, 2.75) is 43.7 Å². The van der Waals surface area contributed by atoms with Crippen LogP contribution in [0.15, 0.2) is 65.7 Å². The van der Waals surface area contributed by atoms with Crippen LogP contribution in [0.4, 0.5) is 18.9 Å². The van der Waals surface area contributed by atoms with Gasteiger partial charge in [-0.05, 0) is 56.5 Å². The summed E-state index contributed by atoms with van der Waals surface area (Å²) in [5.41, 5.74) is 7.26. The molecule has 250 valence electrons. The molecule has 5 rings (SSSR count). The number of hydrogen-bond donors (Lipinski definition) is 4. The molecule has 1 aliphatic rings. The summed E-state index contributed by atoms with van der Waals surface area (Å²) in [6.45, 7) is 2.16. The largest absolute Gasteiger partial charge is 0.495 e. The zero-order valence-electron chi connectivity index (χ0n) is 26.3. The van der Waals surface area contributed by atoms with Gasteiger partial charge in [-0.15, -0.1) is 0 Å². The zero-order valence-corrected chi connectivity index (χ0v) is 27.0. The van der Waals surface area contributed by atoms with Gasteiger partial charge in [0.05, 0.1) is 41.5 Å². The summed E-state index contributed by atoms with van der Waals surface area (Å²) in [4.78, 5) is 34.9. The molecule has 0 radical (unpaired) electrons. The Bertz CT molecular complexity index is 1940. The molecule has 4 aromatic rings. The maximum Gasteiger partial charge on any atom is 0.251 e. The minimum Gasteiger partial charge on any atom is -0.495 e. The first kappa shape index (κ1) is 34.4. The molecule has 1 saturated carbocycles. The van der Waals surface area contributed by atoms with Gasteiger partial charge in [-0.2, -0.15) is 0 Å². The molecule has 3 aromatic carbocycles. The van der Waals surface area contributed by atoms with Crippen molar-refractivity contribution >= 4 is 35.3 Å². The van der Waals surface area contributed by atoms with Gasteiger partial charge in [0.1, 0.15) is 28.7 Å². The van der Waals surface area contributed by atoms with Gasteiger partial charge >= 0.3 is 0 Å². The third-order valence-corrected chi connectivity index (χ3v) is 8.61. The molecule has 6 N–H and O–H groups in total. The Balaban J connectivity index is 1.64. The number of nitrogen functional groups attached to an aromatic ring is 1. The van der Waals surface area contributed by atoms with Crippen LogP contribution in [-0.2, 0) is 15.8 Å². The number of carbonyl (C=O) groups is 2. The number of hydrogen-bond acceptors (Lipinski definition) is 7. The number of aliphatic imine (C=N–C) groups is 1. The molecule has 2 amide bonds. The van der Waals surface area contributed by atoms with Crippen LogP contribution >= 0.6 is 11.6 Å². The van der Waals surface area contributed by atoms with E-state index in [0.717, 1.165) is 25.0 Å². The zero-order chi connectivity index (χ0) is 35.0. The number of rotatable bonds is 11. The van der Waals surface area contributed by atoms with Gasteiger partial charge in [0.2, 0.25) is 5.91 Å². The standard InChI is InChI=1S/C35H33ClF3N5O4/c1-34(2,33(41)46)23-14-28(44-31(29(23)39)22-13-24(36)26(38)15-25(22)37)35(47,20-7-5-4-6-8-20)17-43-32(45)18-11-19(16-42-21-9-10-21)30(40)27(12-18)48-3/h4-8,11-16,21,47H,9-10,17,40H2,1-3H3,(H2,41,46)(H,43,45)/t35-/m1/s1. The summed E-state index contributed by atoms with van der Waals surface area (Å²) in [5, 5.41) is 14.6. The molecule has 1 heterocycles. The van der Waals surface area contributed by atoms with E-state index in [1.165, 1.54) is 33.1 Å². The topological polar surface area (TPSA) is 153 Å². The number of amides is 2. The van der Waals surface area contributed by atoms with Gasteiger partial charge in [0.15, 0.2) is 5.82 Å². The van der Waals surface area contributed by atoms with Gasteiger partial charge in [-0.1, -0.05) is 41.9 Å². The van der Waals surface area contributed by atoms with Gasteiger partial charge in [-0.3, -0.25) is 14.6 Å². The smallest absolute Gasteiger partial charge is 0.251 e. The van der Waals surface area contributed by atoms with Gasteiger partial charge < -0.3 is 26.6 Å². The predicted molar refractivity (Wildman–Crippen MR) is 177 cm³/mol. The molecule has 0 saturated heterocycles. The molecule has 0 unspecified atom stereocenters. The molecule has 48 heavy (non-hydrogen) atoms. The fourth-order valence-corrected chi connectivity index (χ4v) is 5.20. The van der Waals surface area contributed by atoms with E-state index in [2.05, 4.69) is 15.3 Å². The number of methoxy groups -OCH3 is 1. The number of pyridine rings is 1. The summed E-state index contributed by atoms with van der Waals surface area (Å²) < 4.78 is 50.8. The second-order valence-corrected chi connectivity index (χ2v) is 12.5. The molecule has 0 aliphatic heterocycles. The van der Waals surface area contributed by atoms with Crippen molar-refractivity contribution in [3.63, 3.8) is 0 Å². The molecule has 9 nitrogen and oxygen atoms in total. The molecule has 0 spiro atoms. The number of aromatic nitrogens is 1. The van der Waals surface area contributed by atoms with Crippen LogP contribution in [0.25, 0.3) is 11.3 Å². The lowest BCUT2D eigenvalue weighted by molar-refractivity contribution is -0.122. The van der Waals surface area contributed by atoms with E-state index in [1.54, 1.807) is 36.5 Å². The van der Waals surface area contributed by atoms with Gasteiger partial charge in [0.25, 0.3) is 5.91 Å². The highest BCUT2D eigenvalue weighted by atomic mass is 35.5. The number of benzene rings is 3. The van der Waals surface area contributed by atoms with Crippen molar-refractivity contribution in [3.05, 3.63) is 111 Å². The number of primary amides is 1. The molecule has 0 bridgehead atoms. The summed E-state index contributed by atoms with van der Waals surface area (Å²) >= 11 is 5.93. The number of carbonyl (C=O) groups excluding carboxylic acids is 2. The fourth-order valence-electron chi connectivity index (χ4n) is 5.04. The van der Waals surface area contributed by atoms with Crippen molar-refractivity contribution in [2.75, 3.05) is 19.4 Å². The Morgan fingerprint density at radius 3 is 2.42 bits per heavy atom. The third kappa shape index (κ3) is 6.71. The van der Waals surface area contributed by atoms with Crippen LogP contribution in [0.5, 0.6) is 5.75 Å². The molecular weight excluding hydrogens is 647 g/mol. The summed E-state index contributed by atoms with van der Waals surface area (Å²) in [6, 6.07) is 13.6. The molecule has 1 fully saturated rings. The minimum absolute atomic E-state index is 0.139. The van der Waals surface area contributed by atoms with Crippen LogP contribution in [0.2, 0.25) is 5.02 Å². The number of nitrogens with zero attached hydrogens (tertiary/aromatic N) is 2. The van der Waals surface area contributed by atoms with Gasteiger partial charge in [0, 0.05) is 34.5 Å². The lowest BCUT2D eigenvalue weighted by atomic mass is 9.80. The number of halogens is 4. The molecular formula is C35H33ClF3N5O4. The quantitative estimate of drug-likeness (QED) is 0.0944. The van der Waals surface area contributed by atoms with Crippen molar-refractivity contribution < 1.29 is 32.6 Å². The van der Waals surface area contributed by atoms with Gasteiger partial charge in [-0.25, -0.2) is 18.2 Å². The van der Waals surface area contributed by atoms with Crippen LogP contribution in [0, 0.1) is 17.5 Å². The monoisotopic (exact) mass is 679 g/mol. The highest BCUT2D eigenvalue weighted by molar-refractivity contribution is 6.31. The van der Waals surface area contributed by atoms with E-state index in [0.29, 0.717) is 17.3 Å². The third-order valence-electron chi connectivity index (χ3n) is 8.32. The van der Waals surface area contributed by atoms with Crippen molar-refractivity contribution in [1.82, 2.24) is 10.3 Å². The normalized spacial score (nSPS) is 14.5. The Kier molecular flexibility index (Phi) is 9.52. The Morgan fingerprint density at radius 1 is 1.10 bits per heavy atom. The molecule has 1 atom stereocenters. The maximum atomic E-state index is 16.2. The van der Waals surface area contributed by atoms with E-state index < -0.39 is 63.1 Å². The second kappa shape index (κ2) is 13.3. The van der Waals surface area contributed by atoms with E-state index in [1.807, 2.05) is 0 Å². The van der Waals surface area contributed by atoms with Crippen molar-refractivity contribution in [2.24, 2.45) is 10.7 Å². The van der Waals surface area contributed by atoms with E-state index in [9.17, 15) is 19.1 Å². The van der Waals surface area contributed by atoms with Crippen molar-refractivity contribution in [1.29, 1.82) is 0 Å². The van der Waals surface area contributed by atoms with Crippen LogP contribution in [0.3, 0.4) is 0 Å². The average Bonchev–Trinajstić information content (AvgIpc) is 3.90. The summed E-state index contributed by atoms with van der Waals surface area (Å²) in [5.74, 6) is -4.76.